The molecule has 0 bridgehead atoms. The Bertz CT molecular complexity index is 368. The van der Waals surface area contributed by atoms with E-state index in [4.69, 9.17) is 11.6 Å². The lowest BCUT2D eigenvalue weighted by Crippen LogP contribution is -2.33. The molecule has 1 atom stereocenters. The summed E-state index contributed by atoms with van der Waals surface area (Å²) in [6, 6.07) is 7.49. The van der Waals surface area contributed by atoms with Gasteiger partial charge in [0.1, 0.15) is 0 Å². The van der Waals surface area contributed by atoms with Gasteiger partial charge in [-0.25, -0.2) is 0 Å². The first-order chi connectivity index (χ1) is 7.52. The summed E-state index contributed by atoms with van der Waals surface area (Å²) in [6.45, 7) is 4.45. The fourth-order valence-electron chi connectivity index (χ4n) is 1.22. The van der Waals surface area contributed by atoms with Crippen LogP contribution in [0, 0.1) is 5.92 Å². The second kappa shape index (κ2) is 6.26. The van der Waals surface area contributed by atoms with Gasteiger partial charge in [-0.15, -0.1) is 0 Å². The van der Waals surface area contributed by atoms with Gasteiger partial charge in [0.15, 0.2) is 0 Å². The molecule has 2 nitrogen and oxygen atoms in total. The van der Waals surface area contributed by atoms with Crippen LogP contribution in [-0.2, 0) is 11.3 Å². The number of alkyl halides is 1. The minimum atomic E-state index is -0.157. The van der Waals surface area contributed by atoms with Crippen molar-refractivity contribution < 1.29 is 4.79 Å². The lowest BCUT2D eigenvalue weighted by molar-refractivity contribution is -0.121. The van der Waals surface area contributed by atoms with Crippen molar-refractivity contribution in [3.05, 3.63) is 34.9 Å². The van der Waals surface area contributed by atoms with Gasteiger partial charge in [-0.2, -0.15) is 0 Å². The molecule has 88 valence electrons. The highest BCUT2D eigenvalue weighted by Crippen LogP contribution is 2.15. The highest BCUT2D eigenvalue weighted by Gasteiger charge is 2.18. The van der Waals surface area contributed by atoms with Gasteiger partial charge in [-0.05, 0) is 17.5 Å². The molecular formula is C12H15BrClNO. The standard InChI is InChI=1S/C12H15BrClNO/c1-8(2)11(13)12(16)15-7-9-5-3-4-6-10(9)14/h3-6,8,11H,7H2,1-2H3,(H,15,16). The zero-order valence-corrected chi connectivity index (χ0v) is 11.7. The second-order valence-electron chi connectivity index (χ2n) is 3.95. The van der Waals surface area contributed by atoms with Gasteiger partial charge in [0, 0.05) is 11.6 Å². The molecule has 0 aliphatic heterocycles. The van der Waals surface area contributed by atoms with Crippen molar-refractivity contribution in [2.24, 2.45) is 5.92 Å². The van der Waals surface area contributed by atoms with Gasteiger partial charge in [0.05, 0.1) is 4.83 Å². The number of rotatable bonds is 4. The Morgan fingerprint density at radius 2 is 2.06 bits per heavy atom. The van der Waals surface area contributed by atoms with Crippen molar-refractivity contribution in [3.8, 4) is 0 Å². The van der Waals surface area contributed by atoms with E-state index in [2.05, 4.69) is 21.2 Å². The van der Waals surface area contributed by atoms with Crippen molar-refractivity contribution in [1.82, 2.24) is 5.32 Å². The molecule has 0 heterocycles. The van der Waals surface area contributed by atoms with E-state index < -0.39 is 0 Å². The van der Waals surface area contributed by atoms with E-state index >= 15 is 0 Å². The van der Waals surface area contributed by atoms with Crippen molar-refractivity contribution in [2.75, 3.05) is 0 Å². The second-order valence-corrected chi connectivity index (χ2v) is 5.35. The molecule has 1 amide bonds. The minimum Gasteiger partial charge on any atom is -0.351 e. The third kappa shape index (κ3) is 3.80. The Morgan fingerprint density at radius 1 is 1.44 bits per heavy atom. The zero-order valence-electron chi connectivity index (χ0n) is 9.34. The Morgan fingerprint density at radius 3 is 2.62 bits per heavy atom. The zero-order chi connectivity index (χ0) is 12.1. The maximum absolute atomic E-state index is 11.7. The molecular weight excluding hydrogens is 289 g/mol. The normalized spacial score (nSPS) is 12.6. The predicted octanol–water partition coefficient (Wildman–Crippen LogP) is 3.38. The number of hydrogen-bond donors (Lipinski definition) is 1. The number of benzene rings is 1. The smallest absolute Gasteiger partial charge is 0.234 e. The molecule has 0 radical (unpaired) electrons. The van der Waals surface area contributed by atoms with E-state index in [-0.39, 0.29) is 16.7 Å². The number of carbonyl (C=O) groups excluding carboxylic acids is 1. The van der Waals surface area contributed by atoms with Crippen LogP contribution in [0.1, 0.15) is 19.4 Å². The van der Waals surface area contributed by atoms with Gasteiger partial charge >= 0.3 is 0 Å². The van der Waals surface area contributed by atoms with Crippen molar-refractivity contribution in [3.63, 3.8) is 0 Å². The Labute approximate surface area is 110 Å². The Kier molecular flexibility index (Phi) is 5.29. The van der Waals surface area contributed by atoms with Crippen LogP contribution in [0.2, 0.25) is 5.02 Å². The summed E-state index contributed by atoms with van der Waals surface area (Å²) < 4.78 is 0. The average Bonchev–Trinajstić information content (AvgIpc) is 2.26. The third-order valence-electron chi connectivity index (χ3n) is 2.25. The minimum absolute atomic E-state index is 0.00470. The fraction of sp³-hybridized carbons (Fsp3) is 0.417. The molecule has 1 rings (SSSR count). The number of hydrogen-bond acceptors (Lipinski definition) is 1. The summed E-state index contributed by atoms with van der Waals surface area (Å²) in [5.74, 6) is 0.265. The molecule has 0 saturated heterocycles. The molecule has 1 N–H and O–H groups in total. The van der Waals surface area contributed by atoms with E-state index in [1.165, 1.54) is 0 Å². The van der Waals surface area contributed by atoms with E-state index in [1.807, 2.05) is 38.1 Å². The number of carbonyl (C=O) groups is 1. The van der Waals surface area contributed by atoms with Crippen molar-refractivity contribution >= 4 is 33.4 Å². The molecule has 0 aliphatic rings. The van der Waals surface area contributed by atoms with Crippen LogP contribution in [0.15, 0.2) is 24.3 Å². The van der Waals surface area contributed by atoms with Crippen LogP contribution in [0.3, 0.4) is 0 Å². The van der Waals surface area contributed by atoms with Crippen LogP contribution in [0.4, 0.5) is 0 Å². The molecule has 1 aromatic carbocycles. The first kappa shape index (κ1) is 13.5. The molecule has 1 aromatic rings. The number of nitrogens with one attached hydrogen (secondary N) is 1. The largest absolute Gasteiger partial charge is 0.351 e. The molecule has 1 unspecified atom stereocenters. The third-order valence-corrected chi connectivity index (χ3v) is 4.09. The molecule has 0 fully saturated rings. The topological polar surface area (TPSA) is 29.1 Å². The maximum atomic E-state index is 11.7. The highest BCUT2D eigenvalue weighted by molar-refractivity contribution is 9.10. The van der Waals surface area contributed by atoms with E-state index in [9.17, 15) is 4.79 Å². The maximum Gasteiger partial charge on any atom is 0.234 e. The monoisotopic (exact) mass is 303 g/mol. The van der Waals surface area contributed by atoms with Gasteiger partial charge < -0.3 is 5.32 Å². The summed E-state index contributed by atoms with van der Waals surface area (Å²) in [4.78, 5) is 11.5. The van der Waals surface area contributed by atoms with Gasteiger partial charge in [0.2, 0.25) is 5.91 Å². The lowest BCUT2D eigenvalue weighted by Gasteiger charge is -2.14. The predicted molar refractivity (Wildman–Crippen MR) is 70.9 cm³/mol. The van der Waals surface area contributed by atoms with Gasteiger partial charge in [-0.3, -0.25) is 4.79 Å². The number of amides is 1. The van der Waals surface area contributed by atoms with Crippen LogP contribution in [-0.4, -0.2) is 10.7 Å². The molecule has 16 heavy (non-hydrogen) atoms. The lowest BCUT2D eigenvalue weighted by atomic mass is 10.1. The van der Waals surface area contributed by atoms with E-state index in [0.717, 1.165) is 5.56 Å². The Hall–Kier alpha value is -0.540. The summed E-state index contributed by atoms with van der Waals surface area (Å²) in [6.07, 6.45) is 0. The first-order valence-corrected chi connectivity index (χ1v) is 6.47. The molecule has 0 aliphatic carbocycles. The fourth-order valence-corrected chi connectivity index (χ4v) is 1.59. The Balaban J connectivity index is 2.52. The number of halogens is 2. The first-order valence-electron chi connectivity index (χ1n) is 5.17. The summed E-state index contributed by atoms with van der Waals surface area (Å²) in [5.41, 5.74) is 0.931. The quantitative estimate of drug-likeness (QED) is 0.849. The van der Waals surface area contributed by atoms with Crippen molar-refractivity contribution in [1.29, 1.82) is 0 Å². The summed E-state index contributed by atoms with van der Waals surface area (Å²) in [5, 5.41) is 3.53. The summed E-state index contributed by atoms with van der Waals surface area (Å²) >= 11 is 9.34. The van der Waals surface area contributed by atoms with E-state index in [0.29, 0.717) is 11.6 Å². The highest BCUT2D eigenvalue weighted by atomic mass is 79.9. The van der Waals surface area contributed by atoms with E-state index in [1.54, 1.807) is 0 Å². The van der Waals surface area contributed by atoms with Crippen molar-refractivity contribution in [2.45, 2.75) is 25.2 Å². The van der Waals surface area contributed by atoms with Gasteiger partial charge in [0.25, 0.3) is 0 Å². The van der Waals surface area contributed by atoms with Crippen LogP contribution >= 0.6 is 27.5 Å². The molecule has 0 saturated carbocycles. The molecule has 4 heteroatoms. The van der Waals surface area contributed by atoms with Gasteiger partial charge in [-0.1, -0.05) is 59.6 Å². The molecule has 0 aromatic heterocycles. The van der Waals surface area contributed by atoms with Crippen LogP contribution in [0.25, 0.3) is 0 Å². The molecule has 0 spiro atoms. The average molecular weight is 305 g/mol. The van der Waals surface area contributed by atoms with Crippen LogP contribution < -0.4 is 5.32 Å². The summed E-state index contributed by atoms with van der Waals surface area (Å²) in [7, 11) is 0. The SMILES string of the molecule is CC(C)C(Br)C(=O)NCc1ccccc1Cl. The van der Waals surface area contributed by atoms with Crippen LogP contribution in [0.5, 0.6) is 0 Å².